The molecular weight excluding hydrogens is 381 g/mol. The van der Waals surface area contributed by atoms with Gasteiger partial charge in [0.25, 0.3) is 0 Å². The van der Waals surface area contributed by atoms with Gasteiger partial charge < -0.3 is 14.7 Å². The van der Waals surface area contributed by atoms with Crippen LogP contribution in [0, 0.1) is 5.82 Å². The molecule has 0 unspecified atom stereocenters. The molecule has 0 bridgehead atoms. The van der Waals surface area contributed by atoms with Crippen molar-refractivity contribution in [3.8, 4) is 5.75 Å². The maximum absolute atomic E-state index is 14.8. The molecule has 5 nitrogen and oxygen atoms in total. The SMILES string of the molecule is COc1cccc(CN2CCN(c3c(F)cccc3[C@@H](O)c3ccccn3)CC2)c1. The summed E-state index contributed by atoms with van der Waals surface area (Å²) >= 11 is 0. The van der Waals surface area contributed by atoms with Crippen LogP contribution in [0.3, 0.4) is 0 Å². The number of rotatable bonds is 6. The average Bonchev–Trinajstić information content (AvgIpc) is 2.80. The molecular formula is C24H26FN3O2. The molecule has 1 aliphatic rings. The van der Waals surface area contributed by atoms with Crippen molar-refractivity contribution in [1.29, 1.82) is 0 Å². The molecule has 2 heterocycles. The van der Waals surface area contributed by atoms with Crippen LogP contribution < -0.4 is 9.64 Å². The summed E-state index contributed by atoms with van der Waals surface area (Å²) in [5.74, 6) is 0.536. The van der Waals surface area contributed by atoms with Crippen molar-refractivity contribution in [2.45, 2.75) is 12.6 Å². The van der Waals surface area contributed by atoms with Gasteiger partial charge in [0.15, 0.2) is 0 Å². The molecule has 0 spiro atoms. The van der Waals surface area contributed by atoms with E-state index in [1.807, 2.05) is 29.2 Å². The van der Waals surface area contributed by atoms with E-state index in [0.29, 0.717) is 30.0 Å². The van der Waals surface area contributed by atoms with E-state index in [0.717, 1.165) is 25.4 Å². The van der Waals surface area contributed by atoms with Gasteiger partial charge in [-0.2, -0.15) is 0 Å². The van der Waals surface area contributed by atoms with Crippen LogP contribution in [0.2, 0.25) is 0 Å². The Morgan fingerprint density at radius 1 is 1.03 bits per heavy atom. The molecule has 30 heavy (non-hydrogen) atoms. The van der Waals surface area contributed by atoms with E-state index >= 15 is 0 Å². The highest BCUT2D eigenvalue weighted by molar-refractivity contribution is 5.57. The predicted molar refractivity (Wildman–Crippen MR) is 115 cm³/mol. The monoisotopic (exact) mass is 407 g/mol. The van der Waals surface area contributed by atoms with E-state index in [1.165, 1.54) is 11.6 Å². The zero-order valence-electron chi connectivity index (χ0n) is 17.0. The summed E-state index contributed by atoms with van der Waals surface area (Å²) in [5.41, 5.74) is 2.73. The number of hydrogen-bond acceptors (Lipinski definition) is 5. The molecule has 1 N–H and O–H groups in total. The number of halogens is 1. The highest BCUT2D eigenvalue weighted by Gasteiger charge is 2.25. The summed E-state index contributed by atoms with van der Waals surface area (Å²) in [6.45, 7) is 3.82. The lowest BCUT2D eigenvalue weighted by Gasteiger charge is -2.37. The van der Waals surface area contributed by atoms with E-state index in [4.69, 9.17) is 4.74 Å². The van der Waals surface area contributed by atoms with Crippen molar-refractivity contribution in [3.63, 3.8) is 0 Å². The van der Waals surface area contributed by atoms with Crippen molar-refractivity contribution in [3.05, 3.63) is 89.5 Å². The van der Waals surface area contributed by atoms with Gasteiger partial charge in [0, 0.05) is 44.5 Å². The topological polar surface area (TPSA) is 48.8 Å². The first-order valence-corrected chi connectivity index (χ1v) is 10.1. The maximum Gasteiger partial charge on any atom is 0.146 e. The summed E-state index contributed by atoms with van der Waals surface area (Å²) in [7, 11) is 1.67. The van der Waals surface area contributed by atoms with Crippen molar-refractivity contribution in [2.75, 3.05) is 38.2 Å². The number of methoxy groups -OCH3 is 1. The minimum absolute atomic E-state index is 0.316. The quantitative estimate of drug-likeness (QED) is 0.676. The normalized spacial score (nSPS) is 15.8. The molecule has 3 aromatic rings. The predicted octanol–water partition coefficient (Wildman–Crippen LogP) is 3.63. The largest absolute Gasteiger partial charge is 0.497 e. The van der Waals surface area contributed by atoms with Gasteiger partial charge in [0.1, 0.15) is 17.7 Å². The van der Waals surface area contributed by atoms with Crippen LogP contribution in [0.25, 0.3) is 0 Å². The van der Waals surface area contributed by atoms with Gasteiger partial charge in [-0.1, -0.05) is 30.3 Å². The van der Waals surface area contributed by atoms with Gasteiger partial charge in [0.2, 0.25) is 0 Å². The number of aromatic nitrogens is 1. The number of piperazine rings is 1. The van der Waals surface area contributed by atoms with Gasteiger partial charge in [-0.05, 0) is 35.9 Å². The molecule has 0 saturated carbocycles. The Hall–Kier alpha value is -2.96. The molecule has 1 fully saturated rings. The van der Waals surface area contributed by atoms with Crippen molar-refractivity contribution >= 4 is 5.69 Å². The van der Waals surface area contributed by atoms with E-state index in [2.05, 4.69) is 16.0 Å². The lowest BCUT2D eigenvalue weighted by atomic mass is 10.0. The van der Waals surface area contributed by atoms with Crippen LogP contribution in [0.4, 0.5) is 10.1 Å². The van der Waals surface area contributed by atoms with Crippen molar-refractivity contribution in [1.82, 2.24) is 9.88 Å². The number of aliphatic hydroxyl groups excluding tert-OH is 1. The second-order valence-electron chi connectivity index (χ2n) is 7.45. The second kappa shape index (κ2) is 9.24. The number of nitrogens with zero attached hydrogens (tertiary/aromatic N) is 3. The molecule has 1 aliphatic heterocycles. The van der Waals surface area contributed by atoms with Gasteiger partial charge in [-0.3, -0.25) is 9.88 Å². The summed E-state index contributed by atoms with van der Waals surface area (Å²) in [6, 6.07) is 18.3. The van der Waals surface area contributed by atoms with E-state index in [9.17, 15) is 9.50 Å². The zero-order chi connectivity index (χ0) is 20.9. The molecule has 2 aromatic carbocycles. The van der Waals surface area contributed by atoms with Gasteiger partial charge >= 0.3 is 0 Å². The highest BCUT2D eigenvalue weighted by Crippen LogP contribution is 2.33. The Balaban J connectivity index is 1.48. The summed E-state index contributed by atoms with van der Waals surface area (Å²) < 4.78 is 20.1. The maximum atomic E-state index is 14.8. The van der Waals surface area contributed by atoms with Crippen LogP contribution in [0.1, 0.15) is 22.9 Å². The molecule has 0 radical (unpaired) electrons. The Bertz CT molecular complexity index is 975. The Kier molecular flexibility index (Phi) is 6.26. The van der Waals surface area contributed by atoms with Crippen LogP contribution in [0.15, 0.2) is 66.9 Å². The molecule has 1 saturated heterocycles. The number of ether oxygens (including phenoxy) is 1. The lowest BCUT2D eigenvalue weighted by molar-refractivity contribution is 0.213. The fourth-order valence-electron chi connectivity index (χ4n) is 3.94. The molecule has 4 rings (SSSR count). The van der Waals surface area contributed by atoms with Crippen LogP contribution in [-0.2, 0) is 6.54 Å². The van der Waals surface area contributed by atoms with Crippen LogP contribution in [-0.4, -0.2) is 48.3 Å². The molecule has 1 atom stereocenters. The summed E-state index contributed by atoms with van der Waals surface area (Å²) in [4.78, 5) is 8.61. The smallest absolute Gasteiger partial charge is 0.146 e. The third-order valence-corrected chi connectivity index (χ3v) is 5.51. The third-order valence-electron chi connectivity index (χ3n) is 5.51. The van der Waals surface area contributed by atoms with Gasteiger partial charge in [-0.25, -0.2) is 4.39 Å². The molecule has 0 aliphatic carbocycles. The summed E-state index contributed by atoms with van der Waals surface area (Å²) in [6.07, 6.45) is 0.668. The number of hydrogen-bond donors (Lipinski definition) is 1. The van der Waals surface area contributed by atoms with Crippen molar-refractivity contribution in [2.24, 2.45) is 0 Å². The minimum atomic E-state index is -0.966. The van der Waals surface area contributed by atoms with E-state index in [1.54, 1.807) is 37.6 Å². The number of benzene rings is 2. The first-order chi connectivity index (χ1) is 14.7. The van der Waals surface area contributed by atoms with Crippen LogP contribution >= 0.6 is 0 Å². The molecule has 1 aromatic heterocycles. The average molecular weight is 407 g/mol. The standard InChI is InChI=1S/C24H26FN3O2/c1-30-19-7-4-6-18(16-19)17-27-12-14-28(15-13-27)23-20(8-5-9-21(23)25)24(29)22-10-2-3-11-26-22/h2-11,16,24,29H,12-15,17H2,1H3/t24-/m1/s1. The fraction of sp³-hybridized carbons (Fsp3) is 0.292. The Morgan fingerprint density at radius 3 is 2.57 bits per heavy atom. The third kappa shape index (κ3) is 4.45. The Morgan fingerprint density at radius 2 is 1.83 bits per heavy atom. The summed E-state index contributed by atoms with van der Waals surface area (Å²) in [5, 5.41) is 10.8. The fourth-order valence-corrected chi connectivity index (χ4v) is 3.94. The number of para-hydroxylation sites is 1. The molecule has 0 amide bonds. The Labute approximate surface area is 176 Å². The van der Waals surface area contributed by atoms with Gasteiger partial charge in [-0.15, -0.1) is 0 Å². The second-order valence-corrected chi connectivity index (χ2v) is 7.45. The number of pyridine rings is 1. The number of aliphatic hydroxyl groups is 1. The highest BCUT2D eigenvalue weighted by atomic mass is 19.1. The first-order valence-electron chi connectivity index (χ1n) is 10.1. The molecule has 156 valence electrons. The van der Waals surface area contributed by atoms with Gasteiger partial charge in [0.05, 0.1) is 18.5 Å². The van der Waals surface area contributed by atoms with Crippen LogP contribution in [0.5, 0.6) is 5.75 Å². The van der Waals surface area contributed by atoms with Crippen molar-refractivity contribution < 1.29 is 14.2 Å². The van der Waals surface area contributed by atoms with E-state index in [-0.39, 0.29) is 5.82 Å². The lowest BCUT2D eigenvalue weighted by Crippen LogP contribution is -2.46. The zero-order valence-corrected chi connectivity index (χ0v) is 17.0. The molecule has 6 heteroatoms. The number of anilines is 1. The minimum Gasteiger partial charge on any atom is -0.497 e. The van der Waals surface area contributed by atoms with E-state index < -0.39 is 6.10 Å². The first kappa shape index (κ1) is 20.3.